The molecule has 0 aliphatic carbocycles. The van der Waals surface area contributed by atoms with Crippen molar-refractivity contribution in [3.8, 4) is 0 Å². The van der Waals surface area contributed by atoms with Gasteiger partial charge >= 0.3 is 12.2 Å². The van der Waals surface area contributed by atoms with E-state index >= 15 is 0 Å². The Hall–Kier alpha value is -4.81. The zero-order valence-corrected chi connectivity index (χ0v) is 26.3. The summed E-state index contributed by atoms with van der Waals surface area (Å²) in [4.78, 5) is 63.5. The topological polar surface area (TPSA) is 280 Å². The van der Waals surface area contributed by atoms with Crippen molar-refractivity contribution in [2.24, 2.45) is 17.2 Å². The number of primary amides is 2. The molecule has 3 rings (SSSR count). The average Bonchev–Trinajstić information content (AvgIpc) is 3.70. The van der Waals surface area contributed by atoms with Crippen molar-refractivity contribution in [1.82, 2.24) is 30.5 Å². The molecule has 258 valence electrons. The quantitative estimate of drug-likeness (QED) is 0.101. The first kappa shape index (κ1) is 36.7. The Kier molecular flexibility index (Phi) is 13.0. The van der Waals surface area contributed by atoms with E-state index in [-0.39, 0.29) is 39.1 Å². The number of benzene rings is 1. The van der Waals surface area contributed by atoms with Gasteiger partial charge in [-0.3, -0.25) is 14.4 Å². The van der Waals surface area contributed by atoms with Crippen LogP contribution < -0.4 is 27.8 Å². The predicted octanol–water partition coefficient (Wildman–Crippen LogP) is -1.50. The molecule has 1 aromatic heterocycles. The van der Waals surface area contributed by atoms with Crippen LogP contribution in [-0.2, 0) is 36.1 Å². The van der Waals surface area contributed by atoms with Gasteiger partial charge in [0.2, 0.25) is 17.7 Å². The zero-order valence-electron chi connectivity index (χ0n) is 26.3. The van der Waals surface area contributed by atoms with Crippen LogP contribution in [0.25, 0.3) is 0 Å². The van der Waals surface area contributed by atoms with Gasteiger partial charge in [-0.05, 0) is 38.7 Å². The highest BCUT2D eigenvalue weighted by Gasteiger charge is 2.44. The van der Waals surface area contributed by atoms with E-state index in [4.69, 9.17) is 21.9 Å². The highest BCUT2D eigenvalue weighted by Crippen LogP contribution is 2.31. The van der Waals surface area contributed by atoms with Gasteiger partial charge in [0, 0.05) is 19.5 Å². The lowest BCUT2D eigenvalue weighted by Gasteiger charge is -2.29. The summed E-state index contributed by atoms with van der Waals surface area (Å²) in [5.74, 6) is -2.48. The second-order valence-corrected chi connectivity index (χ2v) is 11.7. The number of hydrogen-bond acceptors (Lipinski definition) is 12. The molecule has 0 bridgehead atoms. The normalized spacial score (nSPS) is 18.1. The van der Waals surface area contributed by atoms with Crippen LogP contribution in [0, 0.1) is 0 Å². The predicted molar refractivity (Wildman–Crippen MR) is 164 cm³/mol. The van der Waals surface area contributed by atoms with E-state index in [1.807, 2.05) is 6.07 Å². The summed E-state index contributed by atoms with van der Waals surface area (Å²) >= 11 is 0. The Bertz CT molecular complexity index is 1380. The van der Waals surface area contributed by atoms with Crippen molar-refractivity contribution in [2.45, 2.75) is 82.0 Å². The molecule has 47 heavy (non-hydrogen) atoms. The number of nitrogens with zero attached hydrogens (tertiary/aromatic N) is 4. The van der Waals surface area contributed by atoms with E-state index in [2.05, 4.69) is 25.7 Å². The van der Waals surface area contributed by atoms with Crippen LogP contribution in [0.5, 0.6) is 0 Å². The molecule has 2 unspecified atom stereocenters. The number of aliphatic hydroxyl groups excluding tert-OH is 1. The number of likely N-dealkylation sites (tertiary alicyclic amines) is 1. The van der Waals surface area contributed by atoms with Crippen LogP contribution >= 0.6 is 0 Å². The minimum absolute atomic E-state index is 0.00381. The number of amides is 5. The highest BCUT2D eigenvalue weighted by atomic mass is 16.5. The van der Waals surface area contributed by atoms with Crippen molar-refractivity contribution < 1.29 is 43.7 Å². The zero-order chi connectivity index (χ0) is 34.7. The fourth-order valence-electron chi connectivity index (χ4n) is 5.13. The summed E-state index contributed by atoms with van der Waals surface area (Å²) in [6.07, 6.45) is -1.43. The molecule has 18 nitrogen and oxygen atoms in total. The highest BCUT2D eigenvalue weighted by molar-refractivity contribution is 5.91. The first-order valence-electron chi connectivity index (χ1n) is 15.0. The number of alkyl carbamates (subject to hydrolysis) is 1. The molecule has 0 radical (unpaired) electrons. The molecule has 0 spiro atoms. The van der Waals surface area contributed by atoms with Crippen LogP contribution in [-0.4, -0.2) is 104 Å². The van der Waals surface area contributed by atoms with Crippen LogP contribution in [0.1, 0.15) is 56.8 Å². The molecule has 1 aliphatic heterocycles. The van der Waals surface area contributed by atoms with Gasteiger partial charge in [-0.25, -0.2) is 14.3 Å². The van der Waals surface area contributed by atoms with Crippen molar-refractivity contribution >= 4 is 29.9 Å². The SMILES string of the molecule is CC(C)(O)c1cnnn1[C@H]1C[C@@H](C(=O)NC(CCCCOC(N)=O)C(O)C(N)=O)N(C(=O)[C@H](N)CNC(=O)OCc2ccccc2)C1. The fraction of sp³-hybridized carbons (Fsp3) is 0.552. The first-order chi connectivity index (χ1) is 22.2. The van der Waals surface area contributed by atoms with Crippen LogP contribution in [0.4, 0.5) is 9.59 Å². The van der Waals surface area contributed by atoms with E-state index in [1.54, 1.807) is 24.3 Å². The second-order valence-electron chi connectivity index (χ2n) is 11.7. The van der Waals surface area contributed by atoms with E-state index in [1.165, 1.54) is 29.6 Å². The maximum absolute atomic E-state index is 13.7. The van der Waals surface area contributed by atoms with Gasteiger partial charge in [0.1, 0.15) is 24.3 Å². The number of carbonyl (C=O) groups excluding carboxylic acids is 5. The van der Waals surface area contributed by atoms with E-state index in [0.717, 1.165) is 5.56 Å². The van der Waals surface area contributed by atoms with Crippen molar-refractivity contribution in [3.63, 3.8) is 0 Å². The van der Waals surface area contributed by atoms with Gasteiger partial charge in [-0.1, -0.05) is 35.5 Å². The Morgan fingerprint density at radius 2 is 1.81 bits per heavy atom. The molecular formula is C29H43N9O9. The molecule has 18 heteroatoms. The number of ether oxygens (including phenoxy) is 2. The van der Waals surface area contributed by atoms with E-state index < -0.39 is 65.8 Å². The maximum Gasteiger partial charge on any atom is 0.407 e. The molecule has 2 aromatic rings. The van der Waals surface area contributed by atoms with E-state index in [9.17, 15) is 34.2 Å². The number of nitrogens with one attached hydrogen (secondary N) is 2. The molecule has 5 atom stereocenters. The number of hydrogen-bond donors (Lipinski definition) is 7. The summed E-state index contributed by atoms with van der Waals surface area (Å²) in [5, 5.41) is 34.1. The third kappa shape index (κ3) is 10.6. The summed E-state index contributed by atoms with van der Waals surface area (Å²) in [6.45, 7) is 2.69. The summed E-state index contributed by atoms with van der Waals surface area (Å²) in [7, 11) is 0. The third-order valence-corrected chi connectivity index (χ3v) is 7.56. The monoisotopic (exact) mass is 661 g/mol. The molecule has 0 saturated carbocycles. The number of rotatable bonds is 16. The first-order valence-corrected chi connectivity index (χ1v) is 15.0. The molecule has 2 heterocycles. The average molecular weight is 662 g/mol. The summed E-state index contributed by atoms with van der Waals surface area (Å²) in [5.41, 5.74) is 16.2. The number of aliphatic hydroxyl groups is 2. The van der Waals surface area contributed by atoms with Gasteiger partial charge in [0.25, 0.3) is 0 Å². The Balaban J connectivity index is 1.74. The van der Waals surface area contributed by atoms with Crippen molar-refractivity contribution in [3.05, 3.63) is 47.8 Å². The van der Waals surface area contributed by atoms with Gasteiger partial charge < -0.3 is 52.4 Å². The Morgan fingerprint density at radius 1 is 1.11 bits per heavy atom. The van der Waals surface area contributed by atoms with Crippen molar-refractivity contribution in [1.29, 1.82) is 0 Å². The number of nitrogens with two attached hydrogens (primary N) is 3. The van der Waals surface area contributed by atoms with Gasteiger partial charge in [-0.15, -0.1) is 5.10 Å². The lowest BCUT2D eigenvalue weighted by Crippen LogP contribution is -2.57. The third-order valence-electron chi connectivity index (χ3n) is 7.56. The number of unbranched alkanes of at least 4 members (excludes halogenated alkanes) is 1. The molecule has 1 aliphatic rings. The van der Waals surface area contributed by atoms with Gasteiger partial charge in [0.05, 0.1) is 30.6 Å². The smallest absolute Gasteiger partial charge is 0.407 e. The van der Waals surface area contributed by atoms with Crippen molar-refractivity contribution in [2.75, 3.05) is 19.7 Å². The fourth-order valence-corrected chi connectivity index (χ4v) is 5.13. The minimum atomic E-state index is -1.76. The standard InChI is InChI=1S/C29H43N9O9/c1-29(2,45)22-14-34-36-38(22)18-12-21(25(41)35-20(23(39)24(31)40)10-6-7-11-46-27(32)43)37(15-18)26(42)19(30)13-33-28(44)47-16-17-8-4-3-5-9-17/h3-5,8-9,14,18-21,23,39,45H,6-7,10-13,15-16,30H2,1-2H3,(H2,31,40)(H2,32,43)(H,33,44)(H,35,41)/t18-,19+,20?,21-,23?/m0/s1. The molecule has 1 fully saturated rings. The summed E-state index contributed by atoms with van der Waals surface area (Å²) in [6, 6.07) is 4.76. The number of aromatic nitrogens is 3. The molecule has 5 amide bonds. The minimum Gasteiger partial charge on any atom is -0.450 e. The Morgan fingerprint density at radius 3 is 2.45 bits per heavy atom. The van der Waals surface area contributed by atoms with Gasteiger partial charge in [0.15, 0.2) is 6.10 Å². The van der Waals surface area contributed by atoms with Crippen LogP contribution in [0.2, 0.25) is 0 Å². The van der Waals surface area contributed by atoms with Crippen LogP contribution in [0.15, 0.2) is 36.5 Å². The molecule has 1 saturated heterocycles. The summed E-state index contributed by atoms with van der Waals surface area (Å²) < 4.78 is 11.3. The lowest BCUT2D eigenvalue weighted by molar-refractivity contribution is -0.140. The Labute approximate surface area is 270 Å². The lowest BCUT2D eigenvalue weighted by atomic mass is 10.0. The largest absolute Gasteiger partial charge is 0.450 e. The van der Waals surface area contributed by atoms with Gasteiger partial charge in [-0.2, -0.15) is 0 Å². The second kappa shape index (κ2) is 16.7. The molecular weight excluding hydrogens is 618 g/mol. The van der Waals surface area contributed by atoms with E-state index in [0.29, 0.717) is 18.5 Å². The maximum atomic E-state index is 13.7. The molecule has 1 aromatic carbocycles. The molecule has 10 N–H and O–H groups in total. The number of carbonyl (C=O) groups is 5. The van der Waals surface area contributed by atoms with Crippen LogP contribution in [0.3, 0.4) is 0 Å².